The van der Waals surface area contributed by atoms with Gasteiger partial charge >= 0.3 is 0 Å². The number of nitrogens with two attached hydrogens (primary N) is 1. The monoisotopic (exact) mass is 314 g/mol. The van der Waals surface area contributed by atoms with Gasteiger partial charge in [0, 0.05) is 23.6 Å². The molecular weight excluding hydrogens is 294 g/mol. The highest BCUT2D eigenvalue weighted by Crippen LogP contribution is 2.44. The number of nitrogens with one attached hydrogen (secondary N) is 1. The maximum absolute atomic E-state index is 14.1. The molecule has 6 heteroatoms. The van der Waals surface area contributed by atoms with Gasteiger partial charge in [0.15, 0.2) is 11.6 Å². The molecule has 0 heterocycles. The minimum atomic E-state index is -1.01. The fraction of sp³-hybridized carbons (Fsp3) is 0.533. The van der Waals surface area contributed by atoms with E-state index < -0.39 is 11.6 Å². The van der Waals surface area contributed by atoms with Crippen LogP contribution in [0.5, 0.6) is 0 Å². The Balaban J connectivity index is 2.15. The van der Waals surface area contributed by atoms with E-state index in [1.165, 1.54) is 12.1 Å². The van der Waals surface area contributed by atoms with E-state index in [1.807, 2.05) is 20.8 Å². The molecule has 1 aliphatic carbocycles. The van der Waals surface area contributed by atoms with Crippen LogP contribution in [0.3, 0.4) is 0 Å². The zero-order valence-corrected chi connectivity index (χ0v) is 13.2. The molecule has 1 fully saturated rings. The second-order valence-corrected chi connectivity index (χ2v) is 6.29. The summed E-state index contributed by atoms with van der Waals surface area (Å²) in [5.74, 6) is -1.96. The van der Waals surface area contributed by atoms with Crippen molar-refractivity contribution in [2.75, 3.05) is 11.9 Å². The first-order valence-electron chi connectivity index (χ1n) is 6.95. The number of anilines is 1. The number of benzene rings is 1. The van der Waals surface area contributed by atoms with Crippen molar-refractivity contribution in [3.8, 4) is 0 Å². The van der Waals surface area contributed by atoms with Gasteiger partial charge < -0.3 is 15.8 Å². The summed E-state index contributed by atoms with van der Waals surface area (Å²) in [5.41, 5.74) is 5.27. The van der Waals surface area contributed by atoms with Gasteiger partial charge in [-0.2, -0.15) is 0 Å². The van der Waals surface area contributed by atoms with Crippen molar-refractivity contribution in [3.05, 3.63) is 29.3 Å². The predicted octanol–water partition coefficient (Wildman–Crippen LogP) is 3.21. The van der Waals surface area contributed by atoms with Gasteiger partial charge in [-0.05, 0) is 25.5 Å². The quantitative estimate of drug-likeness (QED) is 0.819. The van der Waals surface area contributed by atoms with Crippen LogP contribution in [0.2, 0.25) is 0 Å². The molecular formula is C15H20F2N2OS. The second-order valence-electron chi connectivity index (χ2n) is 5.85. The molecule has 2 rings (SSSR count). The smallest absolute Gasteiger partial charge is 0.182 e. The van der Waals surface area contributed by atoms with Gasteiger partial charge in [-0.1, -0.05) is 26.1 Å². The van der Waals surface area contributed by atoms with Crippen molar-refractivity contribution in [3.63, 3.8) is 0 Å². The summed E-state index contributed by atoms with van der Waals surface area (Å²) in [6.45, 7) is 6.69. The summed E-state index contributed by atoms with van der Waals surface area (Å²) >= 11 is 4.69. The van der Waals surface area contributed by atoms with Crippen LogP contribution in [0, 0.1) is 17.0 Å². The lowest BCUT2D eigenvalue weighted by atomic mass is 9.64. The average Bonchev–Trinajstić information content (AvgIpc) is 2.42. The predicted molar refractivity (Wildman–Crippen MR) is 83.5 cm³/mol. The maximum Gasteiger partial charge on any atom is 0.182 e. The highest BCUT2D eigenvalue weighted by molar-refractivity contribution is 7.80. The standard InChI is InChI=1S/C15H20F2N2OS/c1-4-20-11-7-10(15(11,2)3)19-9-6-5-8(14(18)21)12(16)13(9)17/h5-6,10-11,19H,4,7H2,1-3H3,(H2,18,21). The fourth-order valence-electron chi connectivity index (χ4n) is 2.65. The third kappa shape index (κ3) is 2.87. The van der Waals surface area contributed by atoms with Gasteiger partial charge in [-0.25, -0.2) is 8.78 Å². The number of hydrogen-bond acceptors (Lipinski definition) is 3. The van der Waals surface area contributed by atoms with E-state index in [4.69, 9.17) is 10.5 Å². The number of ether oxygens (including phenoxy) is 1. The molecule has 1 aliphatic rings. The van der Waals surface area contributed by atoms with E-state index in [0.717, 1.165) is 6.42 Å². The molecule has 0 spiro atoms. The van der Waals surface area contributed by atoms with Crippen LogP contribution in [0.15, 0.2) is 12.1 Å². The SMILES string of the molecule is CCOC1CC(Nc2ccc(C(N)=S)c(F)c2F)C1(C)C. The van der Waals surface area contributed by atoms with Crippen LogP contribution in [-0.4, -0.2) is 23.7 Å². The van der Waals surface area contributed by atoms with Crippen molar-refractivity contribution < 1.29 is 13.5 Å². The molecule has 0 radical (unpaired) electrons. The molecule has 0 aromatic heterocycles. The van der Waals surface area contributed by atoms with Crippen molar-refractivity contribution in [1.82, 2.24) is 0 Å². The lowest BCUT2D eigenvalue weighted by Crippen LogP contribution is -2.58. The van der Waals surface area contributed by atoms with Crippen LogP contribution in [0.1, 0.15) is 32.8 Å². The topological polar surface area (TPSA) is 47.3 Å². The molecule has 3 N–H and O–H groups in total. The van der Waals surface area contributed by atoms with E-state index in [9.17, 15) is 8.78 Å². The maximum atomic E-state index is 14.1. The largest absolute Gasteiger partial charge is 0.389 e. The molecule has 1 aromatic carbocycles. The summed E-state index contributed by atoms with van der Waals surface area (Å²) in [7, 11) is 0. The summed E-state index contributed by atoms with van der Waals surface area (Å²) in [6.07, 6.45) is 0.891. The normalized spacial score (nSPS) is 23.5. The van der Waals surface area contributed by atoms with Crippen LogP contribution in [0.4, 0.5) is 14.5 Å². The van der Waals surface area contributed by atoms with Crippen LogP contribution >= 0.6 is 12.2 Å². The van der Waals surface area contributed by atoms with Crippen molar-refractivity contribution in [1.29, 1.82) is 0 Å². The van der Waals surface area contributed by atoms with Crippen molar-refractivity contribution in [2.45, 2.75) is 39.3 Å². The molecule has 0 bridgehead atoms. The number of rotatable bonds is 5. The highest BCUT2D eigenvalue weighted by Gasteiger charge is 2.49. The number of halogens is 2. The minimum absolute atomic E-state index is 0.0265. The van der Waals surface area contributed by atoms with Crippen LogP contribution < -0.4 is 11.1 Å². The van der Waals surface area contributed by atoms with Gasteiger partial charge in [0.1, 0.15) is 4.99 Å². The van der Waals surface area contributed by atoms with E-state index >= 15 is 0 Å². The summed E-state index contributed by atoms with van der Waals surface area (Å²) < 4.78 is 33.5. The third-order valence-electron chi connectivity index (χ3n) is 4.22. The van der Waals surface area contributed by atoms with E-state index in [1.54, 1.807) is 0 Å². The van der Waals surface area contributed by atoms with E-state index in [2.05, 4.69) is 17.5 Å². The molecule has 2 atom stereocenters. The lowest BCUT2D eigenvalue weighted by Gasteiger charge is -2.52. The van der Waals surface area contributed by atoms with Crippen molar-refractivity contribution in [2.24, 2.45) is 11.1 Å². The Labute approximate surface area is 128 Å². The summed E-state index contributed by atoms with van der Waals surface area (Å²) in [5, 5.41) is 3.05. The average molecular weight is 314 g/mol. The molecule has 0 saturated heterocycles. The summed E-state index contributed by atoms with van der Waals surface area (Å²) in [6, 6.07) is 2.89. The van der Waals surface area contributed by atoms with Gasteiger partial charge in [0.05, 0.1) is 11.8 Å². The number of hydrogen-bond donors (Lipinski definition) is 2. The first kappa shape index (κ1) is 16.1. The zero-order valence-electron chi connectivity index (χ0n) is 12.4. The molecule has 0 amide bonds. The Morgan fingerprint density at radius 2 is 2.10 bits per heavy atom. The minimum Gasteiger partial charge on any atom is -0.389 e. The molecule has 21 heavy (non-hydrogen) atoms. The Morgan fingerprint density at radius 3 is 2.62 bits per heavy atom. The molecule has 1 aromatic rings. The molecule has 116 valence electrons. The Kier molecular flexibility index (Phi) is 4.49. The van der Waals surface area contributed by atoms with Crippen LogP contribution in [0.25, 0.3) is 0 Å². The molecule has 0 aliphatic heterocycles. The van der Waals surface area contributed by atoms with E-state index in [0.29, 0.717) is 6.61 Å². The Bertz CT molecular complexity index is 563. The van der Waals surface area contributed by atoms with Crippen LogP contribution in [-0.2, 0) is 4.74 Å². The van der Waals surface area contributed by atoms with Gasteiger partial charge in [-0.15, -0.1) is 0 Å². The van der Waals surface area contributed by atoms with Gasteiger partial charge in [0.2, 0.25) is 0 Å². The Hall–Kier alpha value is -1.27. The molecule has 2 unspecified atom stereocenters. The van der Waals surface area contributed by atoms with Crippen molar-refractivity contribution >= 4 is 22.9 Å². The zero-order chi connectivity index (χ0) is 15.8. The lowest BCUT2D eigenvalue weighted by molar-refractivity contribution is -0.0976. The second kappa shape index (κ2) is 5.85. The first-order chi connectivity index (χ1) is 9.78. The number of thiocarbonyl (C=S) groups is 1. The van der Waals surface area contributed by atoms with E-state index in [-0.39, 0.29) is 33.8 Å². The van der Waals surface area contributed by atoms with Gasteiger partial charge in [0.25, 0.3) is 0 Å². The first-order valence-corrected chi connectivity index (χ1v) is 7.35. The third-order valence-corrected chi connectivity index (χ3v) is 4.44. The fourth-order valence-corrected chi connectivity index (χ4v) is 2.81. The van der Waals surface area contributed by atoms with Gasteiger partial charge in [-0.3, -0.25) is 0 Å². The molecule has 3 nitrogen and oxygen atoms in total. The molecule has 1 saturated carbocycles. The Morgan fingerprint density at radius 1 is 1.43 bits per heavy atom. The highest BCUT2D eigenvalue weighted by atomic mass is 32.1. The summed E-state index contributed by atoms with van der Waals surface area (Å²) in [4.78, 5) is -0.154.